The van der Waals surface area contributed by atoms with Crippen LogP contribution < -0.4 is 10.6 Å². The molecule has 0 amide bonds. The van der Waals surface area contributed by atoms with Gasteiger partial charge in [0.1, 0.15) is 0 Å². The molecule has 2 aromatic rings. The summed E-state index contributed by atoms with van der Waals surface area (Å²) in [4.78, 5) is 5.53. The van der Waals surface area contributed by atoms with Crippen molar-refractivity contribution < 1.29 is 0 Å². The molecule has 1 aromatic carbocycles. The molecule has 0 unspecified atom stereocenters. The first-order chi connectivity index (χ1) is 10.9. The summed E-state index contributed by atoms with van der Waals surface area (Å²) in [7, 11) is 1.80. The zero-order valence-electron chi connectivity index (χ0n) is 12.9. The lowest BCUT2D eigenvalue weighted by atomic mass is 10.4. The van der Waals surface area contributed by atoms with Gasteiger partial charge < -0.3 is 10.6 Å². The Labute approximate surface area is 136 Å². The average molecular weight is 317 g/mol. The normalized spacial score (nSPS) is 11.4. The van der Waals surface area contributed by atoms with Crippen molar-refractivity contribution in [2.24, 2.45) is 4.99 Å². The highest BCUT2D eigenvalue weighted by Crippen LogP contribution is 2.15. The van der Waals surface area contributed by atoms with Gasteiger partial charge in [0, 0.05) is 49.7 Å². The number of nitrogens with zero attached hydrogens (tertiary/aromatic N) is 3. The molecule has 5 nitrogen and oxygen atoms in total. The highest BCUT2D eigenvalue weighted by Gasteiger charge is 1.98. The number of rotatable bonds is 8. The molecule has 118 valence electrons. The minimum absolute atomic E-state index is 0.856. The van der Waals surface area contributed by atoms with Gasteiger partial charge in [-0.1, -0.05) is 18.2 Å². The Kier molecular flexibility index (Phi) is 7.38. The van der Waals surface area contributed by atoms with Gasteiger partial charge in [-0.05, 0) is 24.6 Å². The number of hydrogen-bond acceptors (Lipinski definition) is 3. The van der Waals surface area contributed by atoms with Gasteiger partial charge in [-0.25, -0.2) is 0 Å². The van der Waals surface area contributed by atoms with Gasteiger partial charge in [0.2, 0.25) is 0 Å². The first-order valence-corrected chi connectivity index (χ1v) is 8.47. The maximum absolute atomic E-state index is 4.23. The molecule has 2 rings (SSSR count). The van der Waals surface area contributed by atoms with E-state index in [-0.39, 0.29) is 0 Å². The van der Waals surface area contributed by atoms with E-state index >= 15 is 0 Å². The van der Waals surface area contributed by atoms with Crippen LogP contribution in [0.25, 0.3) is 0 Å². The third kappa shape index (κ3) is 6.22. The Bertz CT molecular complexity index is 539. The van der Waals surface area contributed by atoms with E-state index in [0.717, 1.165) is 37.8 Å². The summed E-state index contributed by atoms with van der Waals surface area (Å²) in [5.74, 6) is 1.87. The molecule has 0 radical (unpaired) electrons. The van der Waals surface area contributed by atoms with Crippen LogP contribution in [0.5, 0.6) is 0 Å². The lowest BCUT2D eigenvalue weighted by molar-refractivity contribution is 0.570. The van der Waals surface area contributed by atoms with Crippen molar-refractivity contribution in [1.82, 2.24) is 20.4 Å². The monoisotopic (exact) mass is 317 g/mol. The summed E-state index contributed by atoms with van der Waals surface area (Å²) in [5.41, 5.74) is 0. The summed E-state index contributed by atoms with van der Waals surface area (Å²) in [6, 6.07) is 12.4. The number of aryl methyl sites for hydroxylation is 1. The molecule has 22 heavy (non-hydrogen) atoms. The minimum atomic E-state index is 0.856. The highest BCUT2D eigenvalue weighted by atomic mass is 32.2. The molecule has 2 N–H and O–H groups in total. The molecule has 1 aromatic heterocycles. The van der Waals surface area contributed by atoms with E-state index in [4.69, 9.17) is 0 Å². The Morgan fingerprint density at radius 3 is 2.73 bits per heavy atom. The van der Waals surface area contributed by atoms with Crippen LogP contribution >= 0.6 is 11.8 Å². The summed E-state index contributed by atoms with van der Waals surface area (Å²) >= 11 is 1.84. The van der Waals surface area contributed by atoms with Gasteiger partial charge in [-0.2, -0.15) is 5.10 Å². The van der Waals surface area contributed by atoms with Crippen LogP contribution in [-0.4, -0.2) is 41.6 Å². The number of thioether (sulfide) groups is 1. The maximum Gasteiger partial charge on any atom is 0.191 e. The molecule has 0 bridgehead atoms. The Morgan fingerprint density at radius 1 is 1.18 bits per heavy atom. The largest absolute Gasteiger partial charge is 0.356 e. The molecule has 0 spiro atoms. The molecule has 6 heteroatoms. The number of aliphatic imine (C=N–C) groups is 1. The lowest BCUT2D eigenvalue weighted by Gasteiger charge is -2.11. The second-order valence-electron chi connectivity index (χ2n) is 4.71. The number of benzene rings is 1. The quantitative estimate of drug-likeness (QED) is 0.339. The SMILES string of the molecule is CN=C(NCCCn1cccn1)NCCSc1ccccc1. The standard InChI is InChI=1S/C16H23N5S/c1-17-16(18-9-5-12-21-13-6-10-20-21)19-11-14-22-15-7-3-2-4-8-15/h2-4,6-8,10,13H,5,9,11-12,14H2,1H3,(H2,17,18,19). The smallest absolute Gasteiger partial charge is 0.191 e. The van der Waals surface area contributed by atoms with Crippen LogP contribution in [0.4, 0.5) is 0 Å². The van der Waals surface area contributed by atoms with E-state index in [1.54, 1.807) is 13.2 Å². The second-order valence-corrected chi connectivity index (χ2v) is 5.88. The van der Waals surface area contributed by atoms with E-state index in [1.807, 2.05) is 34.8 Å². The van der Waals surface area contributed by atoms with Crippen molar-refractivity contribution in [3.05, 3.63) is 48.8 Å². The highest BCUT2D eigenvalue weighted by molar-refractivity contribution is 7.99. The molecule has 0 aliphatic heterocycles. The fourth-order valence-electron chi connectivity index (χ4n) is 1.96. The van der Waals surface area contributed by atoms with Crippen molar-refractivity contribution in [2.45, 2.75) is 17.9 Å². The van der Waals surface area contributed by atoms with Crippen LogP contribution in [0.3, 0.4) is 0 Å². The average Bonchev–Trinajstić information content (AvgIpc) is 3.08. The summed E-state index contributed by atoms with van der Waals surface area (Å²) < 4.78 is 1.94. The second kappa shape index (κ2) is 9.89. The van der Waals surface area contributed by atoms with Gasteiger partial charge in [0.25, 0.3) is 0 Å². The predicted molar refractivity (Wildman–Crippen MR) is 93.4 cm³/mol. The summed E-state index contributed by atoms with van der Waals surface area (Å²) in [5, 5.41) is 10.8. The van der Waals surface area contributed by atoms with Crippen molar-refractivity contribution in [3.8, 4) is 0 Å². The Balaban J connectivity index is 1.55. The molecule has 0 saturated carbocycles. The Morgan fingerprint density at radius 2 is 2.00 bits per heavy atom. The third-order valence-corrected chi connectivity index (χ3v) is 4.06. The molecule has 0 atom stereocenters. The number of nitrogens with one attached hydrogen (secondary N) is 2. The first kappa shape index (κ1) is 16.4. The zero-order valence-corrected chi connectivity index (χ0v) is 13.7. The Hall–Kier alpha value is -1.95. The number of hydrogen-bond donors (Lipinski definition) is 2. The van der Waals surface area contributed by atoms with Gasteiger partial charge in [-0.3, -0.25) is 9.67 Å². The van der Waals surface area contributed by atoms with E-state index in [1.165, 1.54) is 4.90 Å². The molecule has 0 fully saturated rings. The molecule has 0 aliphatic carbocycles. The minimum Gasteiger partial charge on any atom is -0.356 e. The van der Waals surface area contributed by atoms with Crippen LogP contribution in [0.2, 0.25) is 0 Å². The van der Waals surface area contributed by atoms with E-state index in [0.29, 0.717) is 0 Å². The summed E-state index contributed by atoms with van der Waals surface area (Å²) in [6.45, 7) is 2.69. The maximum atomic E-state index is 4.23. The van der Waals surface area contributed by atoms with Gasteiger partial charge in [0.15, 0.2) is 5.96 Å². The molecular formula is C16H23N5S. The molecule has 1 heterocycles. The summed E-state index contributed by atoms with van der Waals surface area (Å²) in [6.07, 6.45) is 4.80. The lowest BCUT2D eigenvalue weighted by Crippen LogP contribution is -2.39. The topological polar surface area (TPSA) is 54.2 Å². The zero-order chi connectivity index (χ0) is 15.5. The van der Waals surface area contributed by atoms with Crippen molar-refractivity contribution in [1.29, 1.82) is 0 Å². The van der Waals surface area contributed by atoms with E-state index in [9.17, 15) is 0 Å². The number of aromatic nitrogens is 2. The fraction of sp³-hybridized carbons (Fsp3) is 0.375. The van der Waals surface area contributed by atoms with Gasteiger partial charge in [-0.15, -0.1) is 11.8 Å². The first-order valence-electron chi connectivity index (χ1n) is 7.48. The van der Waals surface area contributed by atoms with E-state index < -0.39 is 0 Å². The van der Waals surface area contributed by atoms with Crippen LogP contribution in [-0.2, 0) is 6.54 Å². The molecule has 0 saturated heterocycles. The third-order valence-electron chi connectivity index (χ3n) is 3.05. The molecule has 0 aliphatic rings. The van der Waals surface area contributed by atoms with Crippen LogP contribution in [0, 0.1) is 0 Å². The van der Waals surface area contributed by atoms with Crippen molar-refractivity contribution in [2.75, 3.05) is 25.9 Å². The molecular weight excluding hydrogens is 294 g/mol. The fourth-order valence-corrected chi connectivity index (χ4v) is 2.75. The number of guanidine groups is 1. The van der Waals surface area contributed by atoms with Crippen molar-refractivity contribution >= 4 is 17.7 Å². The van der Waals surface area contributed by atoms with Gasteiger partial charge >= 0.3 is 0 Å². The van der Waals surface area contributed by atoms with Crippen LogP contribution in [0.15, 0.2) is 58.7 Å². The van der Waals surface area contributed by atoms with Crippen molar-refractivity contribution in [3.63, 3.8) is 0 Å². The van der Waals surface area contributed by atoms with Crippen LogP contribution in [0.1, 0.15) is 6.42 Å². The van der Waals surface area contributed by atoms with Gasteiger partial charge in [0.05, 0.1) is 0 Å². The predicted octanol–water partition coefficient (Wildman–Crippen LogP) is 2.23. The van der Waals surface area contributed by atoms with E-state index in [2.05, 4.69) is 45.0 Å².